The molecule has 2 aromatic carbocycles. The summed E-state index contributed by atoms with van der Waals surface area (Å²) in [6.45, 7) is 0. The van der Waals surface area contributed by atoms with Crippen LogP contribution in [0.5, 0.6) is 5.75 Å². The zero-order valence-corrected chi connectivity index (χ0v) is 14.5. The topological polar surface area (TPSA) is 67.4 Å². The third kappa shape index (κ3) is 3.09. The van der Waals surface area contributed by atoms with Crippen molar-refractivity contribution in [3.05, 3.63) is 59.7 Å². The molecule has 3 rings (SSSR count). The van der Waals surface area contributed by atoms with Gasteiger partial charge < -0.3 is 15.4 Å². The minimum atomic E-state index is -0.417. The van der Waals surface area contributed by atoms with Gasteiger partial charge in [-0.15, -0.1) is 0 Å². The number of rotatable bonds is 5. The lowest BCUT2D eigenvalue weighted by atomic mass is 9.64. The first-order valence-corrected chi connectivity index (χ1v) is 8.38. The van der Waals surface area contributed by atoms with E-state index in [-0.39, 0.29) is 11.8 Å². The van der Waals surface area contributed by atoms with Gasteiger partial charge in [0.25, 0.3) is 5.91 Å². The maximum Gasteiger partial charge on any atom is 0.259 e. The summed E-state index contributed by atoms with van der Waals surface area (Å²) in [5.74, 6) is 0.365. The van der Waals surface area contributed by atoms with Crippen LogP contribution < -0.4 is 15.4 Å². The van der Waals surface area contributed by atoms with Crippen LogP contribution in [0.4, 0.5) is 5.69 Å². The highest BCUT2D eigenvalue weighted by molar-refractivity contribution is 6.06. The van der Waals surface area contributed by atoms with Gasteiger partial charge in [0.15, 0.2) is 0 Å². The van der Waals surface area contributed by atoms with Gasteiger partial charge in [0.2, 0.25) is 5.91 Å². The van der Waals surface area contributed by atoms with Crippen molar-refractivity contribution in [1.82, 2.24) is 5.32 Å². The zero-order valence-electron chi connectivity index (χ0n) is 14.5. The van der Waals surface area contributed by atoms with Gasteiger partial charge in [0, 0.05) is 12.7 Å². The predicted molar refractivity (Wildman–Crippen MR) is 97.0 cm³/mol. The van der Waals surface area contributed by atoms with Gasteiger partial charge in [-0.1, -0.05) is 30.7 Å². The van der Waals surface area contributed by atoms with Crippen LogP contribution in [0.1, 0.15) is 35.2 Å². The summed E-state index contributed by atoms with van der Waals surface area (Å²) in [5.41, 5.74) is 1.74. The first-order chi connectivity index (χ1) is 12.1. The molecule has 1 fully saturated rings. The number of methoxy groups -OCH3 is 1. The van der Waals surface area contributed by atoms with Gasteiger partial charge in [-0.3, -0.25) is 9.59 Å². The number of benzene rings is 2. The number of likely N-dealkylation sites (N-methyl/N-ethyl adjacent to an activating group) is 1. The summed E-state index contributed by atoms with van der Waals surface area (Å²) in [5, 5.41) is 5.64. The van der Waals surface area contributed by atoms with Crippen LogP contribution in [-0.2, 0) is 10.2 Å². The van der Waals surface area contributed by atoms with Crippen LogP contribution in [0, 0.1) is 0 Å². The minimum absolute atomic E-state index is 0.0598. The van der Waals surface area contributed by atoms with Crippen molar-refractivity contribution in [3.63, 3.8) is 0 Å². The second-order valence-electron chi connectivity index (χ2n) is 6.25. The average molecular weight is 338 g/mol. The minimum Gasteiger partial charge on any atom is -0.496 e. The Labute approximate surface area is 147 Å². The third-order valence-corrected chi connectivity index (χ3v) is 4.92. The largest absolute Gasteiger partial charge is 0.496 e. The van der Waals surface area contributed by atoms with Crippen LogP contribution in [0.15, 0.2) is 48.5 Å². The fourth-order valence-corrected chi connectivity index (χ4v) is 3.32. The van der Waals surface area contributed by atoms with Crippen LogP contribution >= 0.6 is 0 Å². The Hall–Kier alpha value is -2.82. The Balaban J connectivity index is 1.77. The number of para-hydroxylation sites is 1. The van der Waals surface area contributed by atoms with Crippen molar-refractivity contribution in [3.8, 4) is 5.75 Å². The molecule has 0 saturated heterocycles. The third-order valence-electron chi connectivity index (χ3n) is 4.92. The van der Waals surface area contributed by atoms with Crippen LogP contribution in [0.25, 0.3) is 0 Å². The van der Waals surface area contributed by atoms with Crippen molar-refractivity contribution < 1.29 is 14.3 Å². The molecule has 5 nitrogen and oxygen atoms in total. The molecule has 2 aromatic rings. The Morgan fingerprint density at radius 3 is 2.28 bits per heavy atom. The van der Waals surface area contributed by atoms with Crippen molar-refractivity contribution in [2.45, 2.75) is 24.7 Å². The van der Waals surface area contributed by atoms with E-state index >= 15 is 0 Å². The molecule has 1 aliphatic carbocycles. The number of hydrogen-bond donors (Lipinski definition) is 2. The summed E-state index contributed by atoms with van der Waals surface area (Å²) < 4.78 is 5.22. The van der Waals surface area contributed by atoms with Gasteiger partial charge in [-0.2, -0.15) is 0 Å². The lowest BCUT2D eigenvalue weighted by Crippen LogP contribution is -2.48. The molecule has 130 valence electrons. The van der Waals surface area contributed by atoms with Gasteiger partial charge in [0.05, 0.1) is 18.1 Å². The molecule has 2 amide bonds. The molecule has 0 spiro atoms. The smallest absolute Gasteiger partial charge is 0.259 e. The fraction of sp³-hybridized carbons (Fsp3) is 0.300. The number of amides is 2. The van der Waals surface area contributed by atoms with Crippen molar-refractivity contribution in [2.24, 2.45) is 0 Å². The fourth-order valence-electron chi connectivity index (χ4n) is 3.32. The van der Waals surface area contributed by atoms with E-state index in [1.165, 1.54) is 7.11 Å². The van der Waals surface area contributed by atoms with Crippen molar-refractivity contribution >= 4 is 17.5 Å². The highest BCUT2D eigenvalue weighted by Crippen LogP contribution is 2.44. The number of nitrogens with one attached hydrogen (secondary N) is 2. The van der Waals surface area contributed by atoms with Gasteiger partial charge in [-0.25, -0.2) is 0 Å². The molecule has 0 unspecified atom stereocenters. The van der Waals surface area contributed by atoms with Crippen molar-refractivity contribution in [2.75, 3.05) is 19.5 Å². The number of carbonyl (C=O) groups excluding carboxylic acids is 2. The number of hydrogen-bond acceptors (Lipinski definition) is 3. The molecule has 25 heavy (non-hydrogen) atoms. The number of anilines is 1. The highest BCUT2D eigenvalue weighted by atomic mass is 16.5. The van der Waals surface area contributed by atoms with Crippen LogP contribution in [-0.4, -0.2) is 26.0 Å². The molecule has 0 radical (unpaired) electrons. The van der Waals surface area contributed by atoms with E-state index in [4.69, 9.17) is 4.74 Å². The SMILES string of the molecule is CNC(=O)C1(c2ccc(NC(=O)c3ccccc3OC)cc2)CCC1. The molecule has 1 saturated carbocycles. The lowest BCUT2D eigenvalue weighted by molar-refractivity contribution is -0.129. The van der Waals surface area contributed by atoms with E-state index < -0.39 is 5.41 Å². The second-order valence-corrected chi connectivity index (χ2v) is 6.25. The van der Waals surface area contributed by atoms with E-state index in [9.17, 15) is 9.59 Å². The molecule has 0 bridgehead atoms. The summed E-state index contributed by atoms with van der Waals surface area (Å²) >= 11 is 0. The van der Waals surface area contributed by atoms with E-state index in [2.05, 4.69) is 10.6 Å². The number of carbonyl (C=O) groups is 2. The first kappa shape index (κ1) is 17.0. The standard InChI is InChI=1S/C20H22N2O3/c1-21-19(24)20(12-5-13-20)14-8-10-15(11-9-14)22-18(23)16-6-3-4-7-17(16)25-2/h3-4,6-11H,5,12-13H2,1-2H3,(H,21,24)(H,22,23). The normalized spacial score (nSPS) is 15.0. The molecule has 0 heterocycles. The summed E-state index contributed by atoms with van der Waals surface area (Å²) in [6, 6.07) is 14.6. The first-order valence-electron chi connectivity index (χ1n) is 8.38. The molecule has 0 aliphatic heterocycles. The van der Waals surface area contributed by atoms with Gasteiger partial charge in [-0.05, 0) is 42.7 Å². The molecule has 5 heteroatoms. The second kappa shape index (κ2) is 6.97. The molecule has 1 aliphatic rings. The Morgan fingerprint density at radius 1 is 1.04 bits per heavy atom. The number of ether oxygens (including phenoxy) is 1. The lowest BCUT2D eigenvalue weighted by Gasteiger charge is -2.40. The van der Waals surface area contributed by atoms with Gasteiger partial charge >= 0.3 is 0 Å². The molecule has 2 N–H and O–H groups in total. The molecular formula is C20H22N2O3. The Bertz CT molecular complexity index is 780. The van der Waals surface area contributed by atoms with E-state index in [1.54, 1.807) is 25.2 Å². The molecular weight excluding hydrogens is 316 g/mol. The monoisotopic (exact) mass is 338 g/mol. The summed E-state index contributed by atoms with van der Waals surface area (Å²) in [6.07, 6.45) is 2.78. The highest BCUT2D eigenvalue weighted by Gasteiger charge is 2.44. The maximum atomic E-state index is 12.4. The van der Waals surface area contributed by atoms with E-state index in [0.717, 1.165) is 24.8 Å². The van der Waals surface area contributed by atoms with Gasteiger partial charge in [0.1, 0.15) is 5.75 Å². The summed E-state index contributed by atoms with van der Waals surface area (Å²) in [4.78, 5) is 24.7. The molecule has 0 aromatic heterocycles. The van der Waals surface area contributed by atoms with Crippen molar-refractivity contribution in [1.29, 1.82) is 0 Å². The molecule has 0 atom stereocenters. The quantitative estimate of drug-likeness (QED) is 0.880. The van der Waals surface area contributed by atoms with E-state index in [0.29, 0.717) is 17.0 Å². The van der Waals surface area contributed by atoms with Crippen LogP contribution in [0.3, 0.4) is 0 Å². The zero-order chi connectivity index (χ0) is 17.9. The van der Waals surface area contributed by atoms with E-state index in [1.807, 2.05) is 30.3 Å². The Morgan fingerprint density at radius 2 is 1.72 bits per heavy atom. The predicted octanol–water partition coefficient (Wildman–Crippen LogP) is 3.12. The maximum absolute atomic E-state index is 12.4. The Kier molecular flexibility index (Phi) is 4.74. The van der Waals surface area contributed by atoms with Crippen LogP contribution in [0.2, 0.25) is 0 Å². The summed E-state index contributed by atoms with van der Waals surface area (Å²) in [7, 11) is 3.21. The average Bonchev–Trinajstić information content (AvgIpc) is 2.61.